The molecule has 0 radical (unpaired) electrons. The standard InChI is InChI=1S/C13H15ClN2O3/c1-15(13(17)9-3-2-4-9)8-10-7-11(16(18)19)5-6-12(10)14/h5-7,9H,2-4,8H2,1H3. The zero-order valence-electron chi connectivity index (χ0n) is 10.6. The van der Waals surface area contributed by atoms with Gasteiger partial charge in [-0.1, -0.05) is 18.0 Å². The lowest BCUT2D eigenvalue weighted by Crippen LogP contribution is -2.35. The van der Waals surface area contributed by atoms with Gasteiger partial charge in [0.2, 0.25) is 5.91 Å². The van der Waals surface area contributed by atoms with Gasteiger partial charge in [0.1, 0.15) is 0 Å². The molecule has 0 heterocycles. The third-order valence-corrected chi connectivity index (χ3v) is 3.85. The summed E-state index contributed by atoms with van der Waals surface area (Å²) < 4.78 is 0. The molecule has 2 rings (SSSR count). The van der Waals surface area contributed by atoms with Crippen LogP contribution in [0.15, 0.2) is 18.2 Å². The minimum absolute atomic E-state index is 0.0103. The van der Waals surface area contributed by atoms with E-state index in [0.29, 0.717) is 17.1 Å². The van der Waals surface area contributed by atoms with Crippen LogP contribution >= 0.6 is 11.6 Å². The highest BCUT2D eigenvalue weighted by atomic mass is 35.5. The smallest absolute Gasteiger partial charge is 0.269 e. The van der Waals surface area contributed by atoms with Gasteiger partial charge in [0.15, 0.2) is 0 Å². The third-order valence-electron chi connectivity index (χ3n) is 3.48. The van der Waals surface area contributed by atoms with E-state index < -0.39 is 4.92 Å². The third kappa shape index (κ3) is 3.04. The Hall–Kier alpha value is -1.62. The molecule has 1 aliphatic carbocycles. The number of rotatable bonds is 4. The van der Waals surface area contributed by atoms with Gasteiger partial charge in [0.05, 0.1) is 4.92 Å². The van der Waals surface area contributed by atoms with E-state index in [1.54, 1.807) is 11.9 Å². The Morgan fingerprint density at radius 2 is 2.21 bits per heavy atom. The zero-order chi connectivity index (χ0) is 14.0. The number of nitro groups is 1. The second kappa shape index (κ2) is 5.57. The summed E-state index contributed by atoms with van der Waals surface area (Å²) in [7, 11) is 1.70. The van der Waals surface area contributed by atoms with Crippen molar-refractivity contribution in [1.82, 2.24) is 4.90 Å². The number of nitro benzene ring substituents is 1. The number of nitrogens with zero attached hydrogens (tertiary/aromatic N) is 2. The van der Waals surface area contributed by atoms with Crippen LogP contribution in [0.4, 0.5) is 5.69 Å². The molecule has 1 fully saturated rings. The van der Waals surface area contributed by atoms with Gasteiger partial charge in [0, 0.05) is 36.7 Å². The van der Waals surface area contributed by atoms with Gasteiger partial charge in [-0.25, -0.2) is 0 Å². The first kappa shape index (κ1) is 13.8. The topological polar surface area (TPSA) is 63.4 Å². The molecule has 0 atom stereocenters. The van der Waals surface area contributed by atoms with Crippen LogP contribution in [-0.2, 0) is 11.3 Å². The van der Waals surface area contributed by atoms with Crippen molar-refractivity contribution >= 4 is 23.2 Å². The average molecular weight is 283 g/mol. The van der Waals surface area contributed by atoms with Crippen LogP contribution < -0.4 is 0 Å². The highest BCUT2D eigenvalue weighted by molar-refractivity contribution is 6.31. The van der Waals surface area contributed by atoms with Crippen LogP contribution in [0.2, 0.25) is 5.02 Å². The van der Waals surface area contributed by atoms with Crippen LogP contribution in [0.3, 0.4) is 0 Å². The lowest BCUT2D eigenvalue weighted by atomic mass is 9.84. The number of amides is 1. The van der Waals surface area contributed by atoms with Crippen molar-refractivity contribution in [3.8, 4) is 0 Å². The van der Waals surface area contributed by atoms with Crippen molar-refractivity contribution < 1.29 is 9.72 Å². The average Bonchev–Trinajstić information content (AvgIpc) is 2.29. The van der Waals surface area contributed by atoms with E-state index in [-0.39, 0.29) is 17.5 Å². The minimum atomic E-state index is -0.465. The first-order valence-electron chi connectivity index (χ1n) is 6.17. The van der Waals surface area contributed by atoms with Crippen LogP contribution in [0.25, 0.3) is 0 Å². The van der Waals surface area contributed by atoms with E-state index in [1.807, 2.05) is 0 Å². The monoisotopic (exact) mass is 282 g/mol. The summed E-state index contributed by atoms with van der Waals surface area (Å²) in [6, 6.07) is 4.28. The van der Waals surface area contributed by atoms with E-state index in [0.717, 1.165) is 19.3 Å². The van der Waals surface area contributed by atoms with Crippen molar-refractivity contribution in [2.24, 2.45) is 5.92 Å². The molecule has 0 aliphatic heterocycles. The molecular formula is C13H15ClN2O3. The first-order valence-corrected chi connectivity index (χ1v) is 6.54. The predicted octanol–water partition coefficient (Wildman–Crippen LogP) is 3.01. The lowest BCUT2D eigenvalue weighted by molar-refractivity contribution is -0.384. The summed E-state index contributed by atoms with van der Waals surface area (Å²) in [5, 5.41) is 11.2. The first-order chi connectivity index (χ1) is 8.99. The Kier molecular flexibility index (Phi) is 4.04. The minimum Gasteiger partial charge on any atom is -0.341 e. The van der Waals surface area contributed by atoms with Crippen LogP contribution in [-0.4, -0.2) is 22.8 Å². The van der Waals surface area contributed by atoms with E-state index >= 15 is 0 Å². The summed E-state index contributed by atoms with van der Waals surface area (Å²) in [4.78, 5) is 23.9. The zero-order valence-corrected chi connectivity index (χ0v) is 11.4. The molecule has 1 aromatic carbocycles. The van der Waals surface area contributed by atoms with E-state index in [4.69, 9.17) is 11.6 Å². The normalized spacial score (nSPS) is 14.8. The van der Waals surface area contributed by atoms with Crippen molar-refractivity contribution in [3.05, 3.63) is 38.9 Å². The quantitative estimate of drug-likeness (QED) is 0.630. The fraction of sp³-hybridized carbons (Fsp3) is 0.462. The number of carbonyl (C=O) groups excluding carboxylic acids is 1. The van der Waals surface area contributed by atoms with E-state index in [1.165, 1.54) is 18.2 Å². The van der Waals surface area contributed by atoms with Crippen LogP contribution in [0, 0.1) is 16.0 Å². The van der Waals surface area contributed by atoms with Crippen LogP contribution in [0.5, 0.6) is 0 Å². The second-order valence-corrected chi connectivity index (χ2v) is 5.26. The van der Waals surface area contributed by atoms with E-state index in [9.17, 15) is 14.9 Å². The molecule has 1 aliphatic rings. The Labute approximate surface area is 116 Å². The maximum atomic E-state index is 12.0. The Balaban J connectivity index is 2.11. The van der Waals surface area contributed by atoms with Gasteiger partial charge >= 0.3 is 0 Å². The molecule has 0 aromatic heterocycles. The molecular weight excluding hydrogens is 268 g/mol. The van der Waals surface area contributed by atoms with Gasteiger partial charge < -0.3 is 4.90 Å². The Bertz CT molecular complexity index is 515. The molecule has 5 nitrogen and oxygen atoms in total. The van der Waals surface area contributed by atoms with E-state index in [2.05, 4.69) is 0 Å². The van der Waals surface area contributed by atoms with Crippen LogP contribution in [0.1, 0.15) is 24.8 Å². The predicted molar refractivity (Wildman–Crippen MR) is 71.9 cm³/mol. The molecule has 6 heteroatoms. The molecule has 19 heavy (non-hydrogen) atoms. The highest BCUT2D eigenvalue weighted by Gasteiger charge is 2.28. The molecule has 0 N–H and O–H groups in total. The fourth-order valence-electron chi connectivity index (χ4n) is 2.10. The Morgan fingerprint density at radius 3 is 2.74 bits per heavy atom. The van der Waals surface area contributed by atoms with Gasteiger partial charge in [-0.2, -0.15) is 0 Å². The largest absolute Gasteiger partial charge is 0.341 e. The molecule has 102 valence electrons. The second-order valence-electron chi connectivity index (χ2n) is 4.85. The van der Waals surface area contributed by atoms with Gasteiger partial charge in [-0.15, -0.1) is 0 Å². The number of hydrogen-bond donors (Lipinski definition) is 0. The lowest BCUT2D eigenvalue weighted by Gasteiger charge is -2.29. The van der Waals surface area contributed by atoms with Crippen molar-refractivity contribution in [2.75, 3.05) is 7.05 Å². The molecule has 0 bridgehead atoms. The number of hydrogen-bond acceptors (Lipinski definition) is 3. The molecule has 0 saturated heterocycles. The van der Waals surface area contributed by atoms with Gasteiger partial charge in [-0.3, -0.25) is 14.9 Å². The summed E-state index contributed by atoms with van der Waals surface area (Å²) in [6.07, 6.45) is 2.97. The SMILES string of the molecule is CN(Cc1cc([N+](=O)[O-])ccc1Cl)C(=O)C1CCC1. The van der Waals surface area contributed by atoms with Gasteiger partial charge in [0.25, 0.3) is 5.69 Å². The highest BCUT2D eigenvalue weighted by Crippen LogP contribution is 2.29. The molecule has 1 amide bonds. The molecule has 0 unspecified atom stereocenters. The van der Waals surface area contributed by atoms with Crippen molar-refractivity contribution in [1.29, 1.82) is 0 Å². The number of benzene rings is 1. The maximum Gasteiger partial charge on any atom is 0.269 e. The molecule has 1 saturated carbocycles. The fourth-order valence-corrected chi connectivity index (χ4v) is 2.27. The summed E-state index contributed by atoms with van der Waals surface area (Å²) in [5.74, 6) is 0.205. The van der Waals surface area contributed by atoms with Crippen molar-refractivity contribution in [3.63, 3.8) is 0 Å². The summed E-state index contributed by atoms with van der Waals surface area (Å²) in [6.45, 7) is 0.301. The summed E-state index contributed by atoms with van der Waals surface area (Å²) in [5.41, 5.74) is 0.593. The Morgan fingerprint density at radius 1 is 1.53 bits per heavy atom. The van der Waals surface area contributed by atoms with Crippen molar-refractivity contribution in [2.45, 2.75) is 25.8 Å². The molecule has 0 spiro atoms. The number of non-ortho nitro benzene ring substituents is 1. The maximum absolute atomic E-state index is 12.0. The van der Waals surface area contributed by atoms with Gasteiger partial charge in [-0.05, 0) is 24.5 Å². The molecule has 1 aromatic rings. The number of halogens is 1. The summed E-state index contributed by atoms with van der Waals surface area (Å²) >= 11 is 6.02. The number of carbonyl (C=O) groups is 1.